The number of amides is 1. The Morgan fingerprint density at radius 2 is 2.11 bits per heavy atom. The third-order valence-corrected chi connectivity index (χ3v) is 3.31. The molecule has 98 valence electrons. The minimum absolute atomic E-state index is 0.0301. The number of anilines is 1. The molecule has 0 radical (unpaired) electrons. The average Bonchev–Trinajstić information content (AvgIpc) is 3.13. The largest absolute Gasteiger partial charge is 0.367 e. The van der Waals surface area contributed by atoms with E-state index < -0.39 is 0 Å². The van der Waals surface area contributed by atoms with Crippen molar-refractivity contribution in [3.63, 3.8) is 0 Å². The van der Waals surface area contributed by atoms with Crippen molar-refractivity contribution in [3.8, 4) is 0 Å². The lowest BCUT2D eigenvalue weighted by Crippen LogP contribution is -2.36. The van der Waals surface area contributed by atoms with Crippen molar-refractivity contribution < 1.29 is 4.79 Å². The van der Waals surface area contributed by atoms with Crippen molar-refractivity contribution in [1.29, 1.82) is 0 Å². The van der Waals surface area contributed by atoms with Gasteiger partial charge in [0.15, 0.2) is 0 Å². The highest BCUT2D eigenvalue weighted by Gasteiger charge is 2.21. The van der Waals surface area contributed by atoms with Gasteiger partial charge in [-0.1, -0.05) is 13.8 Å². The Morgan fingerprint density at radius 1 is 1.39 bits per heavy atom. The molecular formula is C14H21N3O. The maximum Gasteiger partial charge on any atom is 0.251 e. The first kappa shape index (κ1) is 12.9. The van der Waals surface area contributed by atoms with Gasteiger partial charge in [-0.05, 0) is 37.8 Å². The van der Waals surface area contributed by atoms with E-state index in [1.807, 2.05) is 13.0 Å². The maximum absolute atomic E-state index is 12.0. The number of pyridine rings is 1. The van der Waals surface area contributed by atoms with Crippen LogP contribution >= 0.6 is 0 Å². The van der Waals surface area contributed by atoms with Crippen LogP contribution in [-0.4, -0.2) is 23.0 Å². The first-order chi connectivity index (χ1) is 8.56. The summed E-state index contributed by atoms with van der Waals surface area (Å²) in [4.78, 5) is 16.3. The highest BCUT2D eigenvalue weighted by molar-refractivity contribution is 5.95. The van der Waals surface area contributed by atoms with Crippen LogP contribution in [0, 0.1) is 5.92 Å². The summed E-state index contributed by atoms with van der Waals surface area (Å²) in [6.45, 7) is 6.21. The molecule has 0 bridgehead atoms. The molecule has 0 saturated heterocycles. The summed E-state index contributed by atoms with van der Waals surface area (Å²) in [5, 5.41) is 6.29. The van der Waals surface area contributed by atoms with Crippen molar-refractivity contribution in [1.82, 2.24) is 10.3 Å². The number of hydrogen-bond acceptors (Lipinski definition) is 3. The SMILES string of the molecule is CC(C)[C@@H](C)NC(=O)c1ccnc(NC2CC2)c1. The Kier molecular flexibility index (Phi) is 3.84. The van der Waals surface area contributed by atoms with E-state index in [9.17, 15) is 4.79 Å². The molecule has 0 aromatic carbocycles. The third-order valence-electron chi connectivity index (χ3n) is 3.31. The minimum atomic E-state index is -0.0301. The van der Waals surface area contributed by atoms with E-state index in [4.69, 9.17) is 0 Å². The van der Waals surface area contributed by atoms with Gasteiger partial charge in [-0.2, -0.15) is 0 Å². The summed E-state index contributed by atoms with van der Waals surface area (Å²) in [7, 11) is 0. The molecule has 1 aromatic heterocycles. The van der Waals surface area contributed by atoms with Crippen LogP contribution in [0.1, 0.15) is 44.0 Å². The van der Waals surface area contributed by atoms with Gasteiger partial charge in [0, 0.05) is 23.8 Å². The summed E-state index contributed by atoms with van der Waals surface area (Å²) in [6.07, 6.45) is 4.07. The quantitative estimate of drug-likeness (QED) is 0.840. The molecule has 4 nitrogen and oxygen atoms in total. The zero-order valence-corrected chi connectivity index (χ0v) is 11.2. The highest BCUT2D eigenvalue weighted by atomic mass is 16.1. The molecule has 1 aromatic rings. The molecule has 0 unspecified atom stereocenters. The van der Waals surface area contributed by atoms with Crippen molar-refractivity contribution in [2.75, 3.05) is 5.32 Å². The van der Waals surface area contributed by atoms with Crippen LogP contribution in [0.5, 0.6) is 0 Å². The van der Waals surface area contributed by atoms with E-state index in [1.54, 1.807) is 12.3 Å². The monoisotopic (exact) mass is 247 g/mol. The normalized spacial score (nSPS) is 16.4. The fourth-order valence-corrected chi connectivity index (χ4v) is 1.54. The Labute approximate surface area is 108 Å². The molecule has 1 aliphatic carbocycles. The molecule has 0 spiro atoms. The number of hydrogen-bond donors (Lipinski definition) is 2. The molecule has 4 heteroatoms. The molecule has 1 heterocycles. The summed E-state index contributed by atoms with van der Waals surface area (Å²) < 4.78 is 0. The van der Waals surface area contributed by atoms with Gasteiger partial charge in [0.25, 0.3) is 5.91 Å². The van der Waals surface area contributed by atoms with E-state index in [0.29, 0.717) is 17.5 Å². The number of aromatic nitrogens is 1. The molecule has 0 aliphatic heterocycles. The van der Waals surface area contributed by atoms with Gasteiger partial charge in [-0.25, -0.2) is 4.98 Å². The standard InChI is InChI=1S/C14H21N3O/c1-9(2)10(3)16-14(18)11-6-7-15-13(8-11)17-12-4-5-12/h6-10,12H,4-5H2,1-3H3,(H,15,17)(H,16,18)/t10-/m1/s1. The van der Waals surface area contributed by atoms with Crippen LogP contribution in [0.25, 0.3) is 0 Å². The van der Waals surface area contributed by atoms with E-state index in [-0.39, 0.29) is 11.9 Å². The van der Waals surface area contributed by atoms with Crippen LogP contribution in [0.2, 0.25) is 0 Å². The van der Waals surface area contributed by atoms with Gasteiger partial charge in [0.1, 0.15) is 5.82 Å². The fraction of sp³-hybridized carbons (Fsp3) is 0.571. The van der Waals surface area contributed by atoms with Crippen molar-refractivity contribution in [3.05, 3.63) is 23.9 Å². The van der Waals surface area contributed by atoms with Crippen molar-refractivity contribution in [2.24, 2.45) is 5.92 Å². The van der Waals surface area contributed by atoms with Crippen LogP contribution < -0.4 is 10.6 Å². The van der Waals surface area contributed by atoms with Crippen LogP contribution in [-0.2, 0) is 0 Å². The summed E-state index contributed by atoms with van der Waals surface area (Å²) >= 11 is 0. The first-order valence-electron chi connectivity index (χ1n) is 6.59. The lowest BCUT2D eigenvalue weighted by molar-refractivity contribution is 0.0930. The third kappa shape index (κ3) is 3.45. The van der Waals surface area contributed by atoms with Gasteiger partial charge >= 0.3 is 0 Å². The number of carbonyl (C=O) groups excluding carboxylic acids is 1. The first-order valence-corrected chi connectivity index (χ1v) is 6.59. The minimum Gasteiger partial charge on any atom is -0.367 e. The zero-order valence-electron chi connectivity index (χ0n) is 11.2. The molecule has 1 amide bonds. The van der Waals surface area contributed by atoms with Crippen LogP contribution in [0.3, 0.4) is 0 Å². The Balaban J connectivity index is 2.00. The van der Waals surface area contributed by atoms with Crippen molar-refractivity contribution in [2.45, 2.75) is 45.7 Å². The maximum atomic E-state index is 12.0. The van der Waals surface area contributed by atoms with Gasteiger partial charge in [-0.3, -0.25) is 4.79 Å². The van der Waals surface area contributed by atoms with E-state index in [1.165, 1.54) is 12.8 Å². The second-order valence-electron chi connectivity index (χ2n) is 5.35. The lowest BCUT2D eigenvalue weighted by atomic mass is 10.1. The predicted molar refractivity (Wildman–Crippen MR) is 72.6 cm³/mol. The van der Waals surface area contributed by atoms with E-state index >= 15 is 0 Å². The topological polar surface area (TPSA) is 54.0 Å². The van der Waals surface area contributed by atoms with Gasteiger partial charge in [0.05, 0.1) is 0 Å². The molecule has 1 atom stereocenters. The highest BCUT2D eigenvalue weighted by Crippen LogP contribution is 2.23. The molecule has 1 saturated carbocycles. The molecular weight excluding hydrogens is 226 g/mol. The van der Waals surface area contributed by atoms with Crippen LogP contribution in [0.15, 0.2) is 18.3 Å². The number of rotatable bonds is 5. The number of nitrogens with one attached hydrogen (secondary N) is 2. The zero-order chi connectivity index (χ0) is 13.1. The van der Waals surface area contributed by atoms with E-state index in [0.717, 1.165) is 5.82 Å². The smallest absolute Gasteiger partial charge is 0.251 e. The molecule has 1 fully saturated rings. The van der Waals surface area contributed by atoms with Crippen LogP contribution in [0.4, 0.5) is 5.82 Å². The number of nitrogens with zero attached hydrogens (tertiary/aromatic N) is 1. The molecule has 18 heavy (non-hydrogen) atoms. The second-order valence-corrected chi connectivity index (χ2v) is 5.35. The summed E-state index contributed by atoms with van der Waals surface area (Å²) in [6, 6.07) is 4.29. The lowest BCUT2D eigenvalue weighted by Gasteiger charge is -2.17. The Morgan fingerprint density at radius 3 is 2.72 bits per heavy atom. The van der Waals surface area contributed by atoms with Gasteiger partial charge < -0.3 is 10.6 Å². The average molecular weight is 247 g/mol. The van der Waals surface area contributed by atoms with Gasteiger partial charge in [-0.15, -0.1) is 0 Å². The molecule has 2 rings (SSSR count). The number of carbonyl (C=O) groups is 1. The Hall–Kier alpha value is -1.58. The van der Waals surface area contributed by atoms with Gasteiger partial charge in [0.2, 0.25) is 0 Å². The summed E-state index contributed by atoms with van der Waals surface area (Å²) in [5.74, 6) is 1.19. The fourth-order valence-electron chi connectivity index (χ4n) is 1.54. The molecule has 2 N–H and O–H groups in total. The second kappa shape index (κ2) is 5.38. The predicted octanol–water partition coefficient (Wildman–Crippen LogP) is 2.43. The summed E-state index contributed by atoms with van der Waals surface area (Å²) in [5.41, 5.74) is 0.667. The Bertz CT molecular complexity index is 427. The van der Waals surface area contributed by atoms with Crippen molar-refractivity contribution >= 4 is 11.7 Å². The molecule has 1 aliphatic rings. The van der Waals surface area contributed by atoms with E-state index in [2.05, 4.69) is 29.5 Å².